The molecule has 0 spiro atoms. The number of methoxy groups -OCH3 is 1. The summed E-state index contributed by atoms with van der Waals surface area (Å²) in [6.45, 7) is 6.87. The highest BCUT2D eigenvalue weighted by atomic mass is 79.9. The molecule has 62 heavy (non-hydrogen) atoms. The van der Waals surface area contributed by atoms with Crippen LogP contribution in [0.1, 0.15) is 51.7 Å². The van der Waals surface area contributed by atoms with Crippen molar-refractivity contribution in [2.45, 2.75) is 63.2 Å². The van der Waals surface area contributed by atoms with Crippen molar-refractivity contribution >= 4 is 105 Å². The molecular weight excluding hydrogens is 1090 g/mol. The average molecular weight is 1140 g/mol. The third-order valence-corrected chi connectivity index (χ3v) is 10.6. The number of halogens is 7. The number of rotatable bonds is 18. The molecule has 4 N–H and O–H groups in total. The zero-order valence-corrected chi connectivity index (χ0v) is 42.1. The molecule has 0 aromatic heterocycles. The first kappa shape index (κ1) is 57.0. The van der Waals surface area contributed by atoms with Gasteiger partial charge < -0.3 is 29.4 Å². The molecule has 0 heterocycles. The van der Waals surface area contributed by atoms with Gasteiger partial charge >= 0.3 is 3.18 Å². The number of aryl methyl sites for hydroxylation is 2. The molecule has 0 aliphatic rings. The number of carbonyl (C=O) groups is 2. The smallest absolute Gasteiger partial charge is 0.369 e. The van der Waals surface area contributed by atoms with Crippen LogP contribution in [0.15, 0.2) is 82.6 Å². The first-order valence-corrected chi connectivity index (χ1v) is 25.1. The number of amides is 1. The summed E-state index contributed by atoms with van der Waals surface area (Å²) < 4.78 is 98.6. The van der Waals surface area contributed by atoms with Gasteiger partial charge in [0.05, 0.1) is 22.2 Å². The van der Waals surface area contributed by atoms with Gasteiger partial charge in [-0.3, -0.25) is 4.79 Å². The van der Waals surface area contributed by atoms with Gasteiger partial charge in [-0.2, -0.15) is 0 Å². The highest BCUT2D eigenvalue weighted by Crippen LogP contribution is 2.35. The van der Waals surface area contributed by atoms with E-state index in [0.717, 1.165) is 36.1 Å². The number of phenolic OH excluding ortho intramolecular Hbond substituents is 1. The van der Waals surface area contributed by atoms with E-state index in [9.17, 15) is 40.3 Å². The van der Waals surface area contributed by atoms with Crippen LogP contribution in [0, 0.1) is 11.6 Å². The molecule has 0 saturated carbocycles. The molecular formula is C39H47BBr3Cl2F2N3O10S2. The molecule has 0 fully saturated rings. The van der Waals surface area contributed by atoms with Crippen molar-refractivity contribution in [3.05, 3.63) is 95.6 Å². The van der Waals surface area contributed by atoms with E-state index < -0.39 is 31.7 Å². The normalized spacial score (nSPS) is 10.7. The van der Waals surface area contributed by atoms with Crippen molar-refractivity contribution < 1.29 is 54.5 Å². The number of ether oxygens (including phenoxy) is 3. The second-order valence-corrected chi connectivity index (χ2v) is 23.1. The summed E-state index contributed by atoms with van der Waals surface area (Å²) >= 11 is 18.8. The Kier molecular flexibility index (Phi) is 27.1. The Labute approximate surface area is 397 Å². The van der Waals surface area contributed by atoms with Gasteiger partial charge in [0, 0.05) is 33.0 Å². The highest BCUT2D eigenvalue weighted by Gasteiger charge is 2.19. The molecule has 4 rings (SSSR count). The summed E-state index contributed by atoms with van der Waals surface area (Å²) in [4.78, 5) is 21.2. The molecule has 1 amide bonds. The van der Waals surface area contributed by atoms with Crippen molar-refractivity contribution in [1.82, 2.24) is 14.8 Å². The van der Waals surface area contributed by atoms with E-state index in [4.69, 9.17) is 37.4 Å². The second-order valence-electron chi connectivity index (χ2n) is 12.3. The van der Waals surface area contributed by atoms with Gasteiger partial charge in [0.2, 0.25) is 26.0 Å². The van der Waals surface area contributed by atoms with Gasteiger partial charge in [0.15, 0.2) is 46.1 Å². The fraction of sp³-hybridized carbons (Fsp3) is 0.333. The monoisotopic (exact) mass is 1140 g/mol. The quantitative estimate of drug-likeness (QED) is 0.0425. The zero-order chi connectivity index (χ0) is 47.0. The number of hydrogen-bond donors (Lipinski definition) is 4. The Balaban J connectivity index is 0.000000539. The maximum absolute atomic E-state index is 14.4. The molecule has 0 aliphatic carbocycles. The average Bonchev–Trinajstić information content (AvgIpc) is 3.20. The Morgan fingerprint density at radius 2 is 1.13 bits per heavy atom. The number of aromatic hydroxyl groups is 1. The molecule has 0 aliphatic heterocycles. The van der Waals surface area contributed by atoms with Crippen molar-refractivity contribution in [3.63, 3.8) is 0 Å². The van der Waals surface area contributed by atoms with Gasteiger partial charge in [-0.15, -0.1) is 70.5 Å². The summed E-state index contributed by atoms with van der Waals surface area (Å²) in [5.41, 5.74) is 1.94. The van der Waals surface area contributed by atoms with E-state index >= 15 is 0 Å². The molecule has 4 aromatic rings. The molecule has 4 aromatic carbocycles. The third-order valence-electron chi connectivity index (χ3n) is 7.72. The molecule has 0 bridgehead atoms. The van der Waals surface area contributed by atoms with Gasteiger partial charge in [0.1, 0.15) is 5.78 Å². The molecule has 0 atom stereocenters. The van der Waals surface area contributed by atoms with Gasteiger partial charge in [-0.1, -0.05) is 26.0 Å². The number of hydrogen-bond acceptors (Lipinski definition) is 10. The zero-order valence-electron chi connectivity index (χ0n) is 34.2. The molecule has 0 radical (unpaired) electrons. The predicted octanol–water partition coefficient (Wildman–Crippen LogP) is 9.71. The Hall–Kier alpha value is -3.02. The number of nitrogens with one attached hydrogen (secondary N) is 3. The van der Waals surface area contributed by atoms with Crippen LogP contribution >= 0.6 is 70.5 Å². The standard InChI is InChI=1S/C20H24FNO5S.C18H21FN2O5S.CH2Cl2.BBr3/c1-4-15-7-9-19(20(12-15)26-3)27-18-10-8-16(13-17(18)21)28(24,25)22-11-5-6-14(2)23;1-3-13-4-6-18(16(23)10-13)26-17-7-5-14(11-15(17)19)27(24,25)21-9-8-20-12(2)22;2-1-3;2-1(3)4/h7-10,12-13,22H,4-6,11H2,1-3H3;4-7,10-11,21,23H,3,8-9H2,1-2H3,(H,20,22);1H2;. The SMILES string of the molecule is BrB(Br)Br.CCc1ccc(Oc2ccc(S(=O)(=O)NCCCC(C)=O)cc2F)c(OC)c1.CCc1ccc(Oc2ccc(S(=O)(=O)NCCNC(C)=O)cc2F)c(O)c1.ClCCl. The summed E-state index contributed by atoms with van der Waals surface area (Å²) in [6, 6.07) is 16.7. The van der Waals surface area contributed by atoms with Crippen molar-refractivity contribution in [2.75, 3.05) is 32.1 Å². The van der Waals surface area contributed by atoms with E-state index in [2.05, 4.69) is 62.0 Å². The maximum atomic E-state index is 14.4. The first-order chi connectivity index (χ1) is 29.1. The molecule has 13 nitrogen and oxygen atoms in total. The van der Waals surface area contributed by atoms with Gasteiger partial charge in [-0.25, -0.2) is 35.1 Å². The van der Waals surface area contributed by atoms with E-state index in [0.29, 0.717) is 17.9 Å². The van der Waals surface area contributed by atoms with Crippen LogP contribution in [-0.4, -0.2) is 68.9 Å². The summed E-state index contributed by atoms with van der Waals surface area (Å²) in [5.74, 6) is -1.61. The maximum Gasteiger partial charge on any atom is 0.369 e. The molecule has 23 heteroatoms. The van der Waals surface area contributed by atoms with Crippen LogP contribution in [0.25, 0.3) is 0 Å². The van der Waals surface area contributed by atoms with E-state index in [1.807, 2.05) is 19.9 Å². The van der Waals surface area contributed by atoms with E-state index in [-0.39, 0.29) is 79.1 Å². The number of phenols is 1. The van der Waals surface area contributed by atoms with Crippen LogP contribution in [0.4, 0.5) is 8.78 Å². The summed E-state index contributed by atoms with van der Waals surface area (Å²) in [5, 5.41) is 12.6. The largest absolute Gasteiger partial charge is 0.504 e. The number of benzene rings is 4. The van der Waals surface area contributed by atoms with Crippen LogP contribution in [-0.2, 0) is 42.5 Å². The van der Waals surface area contributed by atoms with E-state index in [1.54, 1.807) is 18.2 Å². The van der Waals surface area contributed by atoms with E-state index in [1.165, 1.54) is 57.4 Å². The molecule has 0 unspecified atom stereocenters. The number of sulfonamides is 2. The fourth-order valence-corrected chi connectivity index (χ4v) is 6.85. The van der Waals surface area contributed by atoms with Crippen LogP contribution < -0.4 is 29.0 Å². The minimum Gasteiger partial charge on any atom is -0.504 e. The Morgan fingerprint density at radius 3 is 1.55 bits per heavy atom. The molecule has 342 valence electrons. The van der Waals surface area contributed by atoms with Crippen LogP contribution in [0.3, 0.4) is 0 Å². The lowest BCUT2D eigenvalue weighted by Crippen LogP contribution is -2.33. The predicted molar refractivity (Wildman–Crippen MR) is 251 cm³/mol. The number of ketones is 1. The fourth-order valence-electron chi connectivity index (χ4n) is 4.72. The lowest BCUT2D eigenvalue weighted by atomic mass is 10.1. The van der Waals surface area contributed by atoms with Crippen LogP contribution in [0.2, 0.25) is 0 Å². The minimum atomic E-state index is -3.93. The minimum absolute atomic E-state index is 0.0193. The third kappa shape index (κ3) is 21.6. The lowest BCUT2D eigenvalue weighted by molar-refractivity contribution is -0.119. The van der Waals surface area contributed by atoms with Crippen molar-refractivity contribution in [1.29, 1.82) is 0 Å². The Morgan fingerprint density at radius 1 is 0.694 bits per heavy atom. The summed E-state index contributed by atoms with van der Waals surface area (Å²) in [7, 11) is -6.32. The van der Waals surface area contributed by atoms with Gasteiger partial charge in [0.25, 0.3) is 0 Å². The lowest BCUT2D eigenvalue weighted by Gasteiger charge is -2.13. The van der Waals surface area contributed by atoms with Crippen molar-refractivity contribution in [3.8, 4) is 34.5 Å². The first-order valence-electron chi connectivity index (χ1n) is 18.3. The number of Topliss-reactive ketones (excluding diaryl/α,β-unsaturated/α-hetero) is 1. The van der Waals surface area contributed by atoms with Gasteiger partial charge in [-0.05, 0) is 98.0 Å². The highest BCUT2D eigenvalue weighted by molar-refractivity contribution is 9.69. The molecule has 0 saturated heterocycles. The number of carbonyl (C=O) groups excluding carboxylic acids is 2. The Bertz CT molecular complexity index is 2290. The second kappa shape index (κ2) is 29.4. The summed E-state index contributed by atoms with van der Waals surface area (Å²) in [6.07, 6.45) is 2.20. The topological polar surface area (TPSA) is 186 Å². The number of alkyl halides is 2. The van der Waals surface area contributed by atoms with Crippen molar-refractivity contribution in [2.24, 2.45) is 0 Å². The van der Waals surface area contributed by atoms with Crippen LogP contribution in [0.5, 0.6) is 34.5 Å².